The molecule has 0 fully saturated rings. The lowest BCUT2D eigenvalue weighted by Gasteiger charge is -2.27. The molecule has 1 nitrogen and oxygen atoms in total. The van der Waals surface area contributed by atoms with E-state index in [1.54, 1.807) is 0 Å². The summed E-state index contributed by atoms with van der Waals surface area (Å²) in [6.45, 7) is 0. The molecular weight excluding hydrogens is 343 g/mol. The molecule has 1 N–H and O–H groups in total. The molecule has 0 spiro atoms. The lowest BCUT2D eigenvalue weighted by molar-refractivity contribution is 0.536. The molecule has 21 heavy (non-hydrogen) atoms. The molecule has 2 aromatic carbocycles. The molecule has 3 rings (SSSR count). The predicted molar refractivity (Wildman–Crippen MR) is 79.9 cm³/mol. The second kappa shape index (κ2) is 5.72. The van der Waals surface area contributed by atoms with Crippen LogP contribution in [0.5, 0.6) is 0 Å². The molecule has 0 amide bonds. The lowest BCUT2D eigenvalue weighted by atomic mass is 9.88. The molecule has 0 aromatic heterocycles. The molecule has 5 heteroatoms. The Morgan fingerprint density at radius 1 is 1.00 bits per heavy atom. The van der Waals surface area contributed by atoms with E-state index in [1.807, 2.05) is 12.1 Å². The van der Waals surface area contributed by atoms with Gasteiger partial charge in [0.1, 0.15) is 11.5 Å². The Kier molecular flexibility index (Phi) is 3.93. The summed E-state index contributed by atoms with van der Waals surface area (Å²) in [5, 5.41) is 2.87. The number of halogens is 4. The van der Waals surface area contributed by atoms with Gasteiger partial charge in [-0.2, -0.15) is 0 Å². The standard InChI is InChI=1S/C16H13BrF3N/c17-11-3-1-10-6-13(4-2-9(10)5-11)21-16-14(19)7-12(18)8-15(16)20/h1,3,5,7-8,13,21H,2,4,6H2. The first-order valence-corrected chi connectivity index (χ1v) is 7.50. The van der Waals surface area contributed by atoms with Crippen LogP contribution in [0.1, 0.15) is 17.5 Å². The summed E-state index contributed by atoms with van der Waals surface area (Å²) in [6, 6.07) is 7.38. The maximum Gasteiger partial charge on any atom is 0.152 e. The highest BCUT2D eigenvalue weighted by Gasteiger charge is 2.21. The lowest BCUT2D eigenvalue weighted by Crippen LogP contribution is -2.28. The van der Waals surface area contributed by atoms with E-state index in [9.17, 15) is 13.2 Å². The molecule has 0 saturated heterocycles. The summed E-state index contributed by atoms with van der Waals surface area (Å²) in [4.78, 5) is 0. The van der Waals surface area contributed by atoms with Gasteiger partial charge in [-0.25, -0.2) is 13.2 Å². The third kappa shape index (κ3) is 3.07. The van der Waals surface area contributed by atoms with E-state index in [-0.39, 0.29) is 11.7 Å². The van der Waals surface area contributed by atoms with Crippen molar-refractivity contribution in [3.05, 3.63) is 63.4 Å². The first-order valence-electron chi connectivity index (χ1n) is 6.71. The van der Waals surface area contributed by atoms with Gasteiger partial charge in [0.2, 0.25) is 0 Å². The molecule has 0 bridgehead atoms. The smallest absolute Gasteiger partial charge is 0.152 e. The second-order valence-electron chi connectivity index (χ2n) is 5.24. The van der Waals surface area contributed by atoms with Gasteiger partial charge in [-0.15, -0.1) is 0 Å². The van der Waals surface area contributed by atoms with Gasteiger partial charge in [0, 0.05) is 22.6 Å². The Hall–Kier alpha value is -1.49. The number of fused-ring (bicyclic) bond motifs is 1. The van der Waals surface area contributed by atoms with Crippen LogP contribution in [0, 0.1) is 17.5 Å². The number of hydrogen-bond acceptors (Lipinski definition) is 1. The predicted octanol–water partition coefficient (Wildman–Crippen LogP) is 4.84. The van der Waals surface area contributed by atoms with E-state index in [4.69, 9.17) is 0 Å². The largest absolute Gasteiger partial charge is 0.377 e. The summed E-state index contributed by atoms with van der Waals surface area (Å²) in [6.07, 6.45) is 2.31. The molecular formula is C16H13BrF3N. The van der Waals surface area contributed by atoms with E-state index in [2.05, 4.69) is 27.3 Å². The molecule has 0 aliphatic heterocycles. The Bertz CT molecular complexity index is 664. The summed E-state index contributed by atoms with van der Waals surface area (Å²) in [7, 11) is 0. The molecule has 2 aromatic rings. The highest BCUT2D eigenvalue weighted by molar-refractivity contribution is 9.10. The van der Waals surface area contributed by atoms with Gasteiger partial charge in [0.05, 0.1) is 0 Å². The van der Waals surface area contributed by atoms with Crippen LogP contribution >= 0.6 is 15.9 Å². The minimum absolute atomic E-state index is 0.0619. The van der Waals surface area contributed by atoms with Crippen molar-refractivity contribution in [2.45, 2.75) is 25.3 Å². The quantitative estimate of drug-likeness (QED) is 0.812. The van der Waals surface area contributed by atoms with E-state index < -0.39 is 17.5 Å². The Labute approximate surface area is 129 Å². The summed E-state index contributed by atoms with van der Waals surface area (Å²) >= 11 is 3.43. The highest BCUT2D eigenvalue weighted by atomic mass is 79.9. The topological polar surface area (TPSA) is 12.0 Å². The van der Waals surface area contributed by atoms with Crippen LogP contribution in [0.3, 0.4) is 0 Å². The average molecular weight is 356 g/mol. The van der Waals surface area contributed by atoms with Gasteiger partial charge in [-0.1, -0.05) is 22.0 Å². The first kappa shape index (κ1) is 14.4. The van der Waals surface area contributed by atoms with Crippen molar-refractivity contribution in [2.75, 3.05) is 5.32 Å². The van der Waals surface area contributed by atoms with E-state index in [0.717, 1.165) is 17.3 Å². The summed E-state index contributed by atoms with van der Waals surface area (Å²) in [5.41, 5.74) is 2.18. The van der Waals surface area contributed by atoms with Gasteiger partial charge in [0.25, 0.3) is 0 Å². The molecule has 0 saturated carbocycles. The molecule has 0 radical (unpaired) electrons. The van der Waals surface area contributed by atoms with Crippen molar-refractivity contribution in [1.29, 1.82) is 0 Å². The van der Waals surface area contributed by atoms with Gasteiger partial charge in [-0.3, -0.25) is 0 Å². The maximum atomic E-state index is 13.7. The molecule has 0 heterocycles. The zero-order valence-corrected chi connectivity index (χ0v) is 12.7. The monoisotopic (exact) mass is 355 g/mol. The zero-order valence-electron chi connectivity index (χ0n) is 11.1. The SMILES string of the molecule is Fc1cc(F)c(NC2CCc3cc(Br)ccc3C2)c(F)c1. The fourth-order valence-electron chi connectivity index (χ4n) is 2.73. The van der Waals surface area contributed by atoms with Crippen molar-refractivity contribution in [2.24, 2.45) is 0 Å². The van der Waals surface area contributed by atoms with Gasteiger partial charge in [-0.05, 0) is 42.5 Å². The second-order valence-corrected chi connectivity index (χ2v) is 6.16. The number of nitrogens with one attached hydrogen (secondary N) is 1. The fourth-order valence-corrected chi connectivity index (χ4v) is 3.14. The number of hydrogen-bond donors (Lipinski definition) is 1. The molecule has 1 atom stereocenters. The molecule has 110 valence electrons. The maximum absolute atomic E-state index is 13.7. The van der Waals surface area contributed by atoms with Crippen LogP contribution in [0.25, 0.3) is 0 Å². The van der Waals surface area contributed by atoms with Crippen molar-refractivity contribution in [1.82, 2.24) is 0 Å². The van der Waals surface area contributed by atoms with Crippen LogP contribution in [-0.2, 0) is 12.8 Å². The fraction of sp³-hybridized carbons (Fsp3) is 0.250. The molecule has 1 unspecified atom stereocenters. The van der Waals surface area contributed by atoms with E-state index >= 15 is 0 Å². The zero-order chi connectivity index (χ0) is 15.0. The van der Waals surface area contributed by atoms with Crippen molar-refractivity contribution in [3.8, 4) is 0 Å². The van der Waals surface area contributed by atoms with Crippen LogP contribution in [0.15, 0.2) is 34.8 Å². The Morgan fingerprint density at radius 3 is 2.43 bits per heavy atom. The molecule has 1 aliphatic rings. The highest BCUT2D eigenvalue weighted by Crippen LogP contribution is 2.28. The minimum atomic E-state index is -0.908. The van der Waals surface area contributed by atoms with Gasteiger partial charge >= 0.3 is 0 Å². The van der Waals surface area contributed by atoms with Gasteiger partial charge in [0.15, 0.2) is 11.6 Å². The first-order chi connectivity index (χ1) is 10.0. The average Bonchev–Trinajstić information content (AvgIpc) is 2.43. The Balaban J connectivity index is 1.80. The van der Waals surface area contributed by atoms with Crippen LogP contribution < -0.4 is 5.32 Å². The summed E-state index contributed by atoms with van der Waals surface area (Å²) < 4.78 is 41.3. The van der Waals surface area contributed by atoms with Crippen LogP contribution in [-0.4, -0.2) is 6.04 Å². The summed E-state index contributed by atoms with van der Waals surface area (Å²) in [5.74, 6) is -2.70. The van der Waals surface area contributed by atoms with E-state index in [1.165, 1.54) is 11.1 Å². The third-order valence-corrected chi connectivity index (χ3v) is 4.25. The number of anilines is 1. The van der Waals surface area contributed by atoms with Crippen molar-refractivity contribution >= 4 is 21.6 Å². The minimum Gasteiger partial charge on any atom is -0.377 e. The van der Waals surface area contributed by atoms with Crippen molar-refractivity contribution in [3.63, 3.8) is 0 Å². The van der Waals surface area contributed by atoms with E-state index in [0.29, 0.717) is 18.6 Å². The van der Waals surface area contributed by atoms with Gasteiger partial charge < -0.3 is 5.32 Å². The Morgan fingerprint density at radius 2 is 1.71 bits per heavy atom. The molecule has 1 aliphatic carbocycles. The van der Waals surface area contributed by atoms with Crippen molar-refractivity contribution < 1.29 is 13.2 Å². The number of aryl methyl sites for hydroxylation is 1. The van der Waals surface area contributed by atoms with Crippen LogP contribution in [0.4, 0.5) is 18.9 Å². The number of rotatable bonds is 2. The normalized spacial score (nSPS) is 17.4. The van der Waals surface area contributed by atoms with Crippen LogP contribution in [0.2, 0.25) is 0 Å². The number of benzene rings is 2. The third-order valence-electron chi connectivity index (χ3n) is 3.75.